The average Bonchev–Trinajstić information content (AvgIpc) is 3.65. The minimum Gasteiger partial charge on any atom is -0.393 e. The molecule has 2 aromatic rings. The monoisotopic (exact) mass is 561 g/mol. The Hall–Kier alpha value is -2.28. The molecule has 0 spiro atoms. The summed E-state index contributed by atoms with van der Waals surface area (Å²) in [6.07, 6.45) is 1.93. The Labute approximate surface area is 227 Å². The summed E-state index contributed by atoms with van der Waals surface area (Å²) in [7, 11) is 0. The van der Waals surface area contributed by atoms with Gasteiger partial charge in [0.05, 0.1) is 12.1 Å². The predicted octanol–water partition coefficient (Wildman–Crippen LogP) is 4.99. The van der Waals surface area contributed by atoms with Crippen LogP contribution < -0.4 is 16.8 Å². The maximum atomic E-state index is 13.8. The zero-order valence-corrected chi connectivity index (χ0v) is 23.5. The van der Waals surface area contributed by atoms with Gasteiger partial charge in [0.1, 0.15) is 11.9 Å². The van der Waals surface area contributed by atoms with Crippen LogP contribution in [-0.2, 0) is 0 Å². The standard InChI is InChI=1S/C12H20FN5OS.C9H8F2.C3H8O2.C2H6/c1-2-5-20-12-17-10(15)9(14)11(18-12)16-6-3-4-7(19)8(6)13;10-8-4-3-7(5-9(8)11)6-1-2-6;1-3(2,4)5;1-2/h6-8,19H,2-5,14H2,1H3,(H3,15,16,17,18);3-6H,1-2H2;4-5H,1-2H3;1-2H3. The Morgan fingerprint density at radius 3 is 2.13 bits per heavy atom. The van der Waals surface area contributed by atoms with E-state index in [1.165, 1.54) is 37.7 Å². The molecule has 1 heterocycles. The Morgan fingerprint density at radius 2 is 1.66 bits per heavy atom. The molecular formula is C26H42F3N5O3S. The summed E-state index contributed by atoms with van der Waals surface area (Å²) in [5, 5.41) is 29.1. The number of aliphatic hydroxyl groups excluding tert-OH is 1. The van der Waals surface area contributed by atoms with Crippen LogP contribution in [0.5, 0.6) is 0 Å². The lowest BCUT2D eigenvalue weighted by Crippen LogP contribution is -2.31. The number of halogens is 3. The van der Waals surface area contributed by atoms with Crippen LogP contribution in [0.2, 0.25) is 0 Å². The third-order valence-corrected chi connectivity index (χ3v) is 6.28. The summed E-state index contributed by atoms with van der Waals surface area (Å²) in [6.45, 7) is 8.65. The van der Waals surface area contributed by atoms with Crippen LogP contribution in [0.15, 0.2) is 23.4 Å². The summed E-state index contributed by atoms with van der Waals surface area (Å²) < 4.78 is 38.8. The van der Waals surface area contributed by atoms with E-state index in [-0.39, 0.29) is 11.5 Å². The number of nitrogen functional groups attached to an aromatic ring is 2. The van der Waals surface area contributed by atoms with E-state index in [0.717, 1.165) is 30.6 Å². The van der Waals surface area contributed by atoms with E-state index in [1.54, 1.807) is 6.07 Å². The summed E-state index contributed by atoms with van der Waals surface area (Å²) in [6, 6.07) is 3.66. The Kier molecular flexibility index (Phi) is 14.2. The number of nitrogens with one attached hydrogen (secondary N) is 1. The van der Waals surface area contributed by atoms with E-state index in [2.05, 4.69) is 22.2 Å². The highest BCUT2D eigenvalue weighted by Gasteiger charge is 2.35. The number of hydrogen-bond donors (Lipinski definition) is 6. The molecular weight excluding hydrogens is 519 g/mol. The lowest BCUT2D eigenvalue weighted by atomic mass is 10.1. The minimum absolute atomic E-state index is 0.190. The van der Waals surface area contributed by atoms with Crippen molar-refractivity contribution in [2.45, 2.75) is 102 Å². The molecule has 1 aromatic carbocycles. The van der Waals surface area contributed by atoms with Gasteiger partial charge in [0.25, 0.3) is 0 Å². The molecule has 2 fully saturated rings. The highest BCUT2D eigenvalue weighted by molar-refractivity contribution is 7.99. The van der Waals surface area contributed by atoms with Gasteiger partial charge in [0.2, 0.25) is 0 Å². The SMILES string of the molecule is CC.CC(C)(O)O.CCCSc1nc(N)c(N)c(NC2CCC(O)C2F)n1.Fc1ccc(C2CC2)cc1F. The topological polar surface area (TPSA) is 151 Å². The molecule has 2 saturated carbocycles. The zero-order chi connectivity index (χ0) is 29.0. The van der Waals surface area contributed by atoms with Crippen molar-refractivity contribution < 1.29 is 28.5 Å². The van der Waals surface area contributed by atoms with E-state index < -0.39 is 35.7 Å². The molecule has 8 nitrogen and oxygen atoms in total. The predicted molar refractivity (Wildman–Crippen MR) is 148 cm³/mol. The van der Waals surface area contributed by atoms with Gasteiger partial charge in [-0.15, -0.1) is 0 Å². The highest BCUT2D eigenvalue weighted by atomic mass is 32.2. The number of alkyl halides is 1. The van der Waals surface area contributed by atoms with Crippen LogP contribution in [0.3, 0.4) is 0 Å². The lowest BCUT2D eigenvalue weighted by molar-refractivity contribution is -0.127. The van der Waals surface area contributed by atoms with Crippen molar-refractivity contribution in [2.75, 3.05) is 22.5 Å². The Bertz CT molecular complexity index is 987. The third kappa shape index (κ3) is 12.1. The fraction of sp³-hybridized carbons (Fsp3) is 0.615. The molecule has 2 aliphatic rings. The van der Waals surface area contributed by atoms with Gasteiger partial charge in [-0.2, -0.15) is 0 Å². The number of hydrogen-bond acceptors (Lipinski definition) is 9. The van der Waals surface area contributed by atoms with Crippen molar-refractivity contribution in [1.82, 2.24) is 9.97 Å². The van der Waals surface area contributed by atoms with Crippen molar-refractivity contribution >= 4 is 29.1 Å². The lowest BCUT2D eigenvalue weighted by Gasteiger charge is -2.18. The van der Waals surface area contributed by atoms with Gasteiger partial charge in [0.15, 0.2) is 34.2 Å². The summed E-state index contributed by atoms with van der Waals surface area (Å²) >= 11 is 1.48. The number of nitrogens with two attached hydrogens (primary N) is 2. The molecule has 3 atom stereocenters. The van der Waals surface area contributed by atoms with Crippen molar-refractivity contribution in [3.8, 4) is 0 Å². The molecule has 8 N–H and O–H groups in total. The molecule has 216 valence electrons. The molecule has 0 radical (unpaired) electrons. The highest BCUT2D eigenvalue weighted by Crippen LogP contribution is 2.40. The molecule has 2 aliphatic carbocycles. The molecule has 0 aliphatic heterocycles. The Balaban J connectivity index is 0.000000334. The maximum Gasteiger partial charge on any atom is 0.191 e. The fourth-order valence-corrected chi connectivity index (χ4v) is 3.99. The first kappa shape index (κ1) is 33.7. The Morgan fingerprint density at radius 1 is 1.05 bits per heavy atom. The van der Waals surface area contributed by atoms with Crippen LogP contribution in [-0.4, -0.2) is 55.1 Å². The number of rotatable bonds is 6. The number of thioether (sulfide) groups is 1. The van der Waals surface area contributed by atoms with E-state index >= 15 is 0 Å². The van der Waals surface area contributed by atoms with E-state index in [1.807, 2.05) is 13.8 Å². The molecule has 4 rings (SSSR count). The fourth-order valence-electron chi connectivity index (χ4n) is 3.28. The van der Waals surface area contributed by atoms with Crippen molar-refractivity contribution in [3.63, 3.8) is 0 Å². The van der Waals surface area contributed by atoms with Crippen LogP contribution in [0, 0.1) is 11.6 Å². The number of aromatic nitrogens is 2. The number of anilines is 3. The van der Waals surface area contributed by atoms with Crippen molar-refractivity contribution in [3.05, 3.63) is 35.4 Å². The third-order valence-electron chi connectivity index (χ3n) is 5.23. The van der Waals surface area contributed by atoms with E-state index in [9.17, 15) is 18.3 Å². The van der Waals surface area contributed by atoms with Crippen LogP contribution in [0.4, 0.5) is 30.5 Å². The van der Waals surface area contributed by atoms with Crippen molar-refractivity contribution in [1.29, 1.82) is 0 Å². The van der Waals surface area contributed by atoms with Crippen LogP contribution in [0.1, 0.15) is 78.2 Å². The molecule has 0 saturated heterocycles. The zero-order valence-electron chi connectivity index (χ0n) is 22.7. The van der Waals surface area contributed by atoms with Gasteiger partial charge in [-0.1, -0.05) is 38.6 Å². The second kappa shape index (κ2) is 16.0. The molecule has 0 bridgehead atoms. The second-order valence-corrected chi connectivity index (χ2v) is 10.3. The largest absolute Gasteiger partial charge is 0.393 e. The molecule has 38 heavy (non-hydrogen) atoms. The van der Waals surface area contributed by atoms with Gasteiger partial charge in [0, 0.05) is 5.75 Å². The van der Waals surface area contributed by atoms with Gasteiger partial charge >= 0.3 is 0 Å². The molecule has 1 aromatic heterocycles. The van der Waals surface area contributed by atoms with Crippen molar-refractivity contribution in [2.24, 2.45) is 0 Å². The maximum absolute atomic E-state index is 13.8. The molecule has 12 heteroatoms. The number of nitrogens with zero attached hydrogens (tertiary/aromatic N) is 2. The summed E-state index contributed by atoms with van der Waals surface area (Å²) in [5.74, 6) is -1.08. The smallest absolute Gasteiger partial charge is 0.191 e. The first-order valence-electron chi connectivity index (χ1n) is 12.8. The molecule has 0 amide bonds. The second-order valence-electron chi connectivity index (χ2n) is 9.28. The first-order chi connectivity index (χ1) is 17.8. The van der Waals surface area contributed by atoms with E-state index in [4.69, 9.17) is 21.7 Å². The van der Waals surface area contributed by atoms with E-state index in [0.29, 0.717) is 29.7 Å². The minimum atomic E-state index is -1.50. The normalized spacial score (nSPS) is 20.2. The number of aliphatic hydroxyl groups is 3. The van der Waals surface area contributed by atoms with Gasteiger partial charge < -0.3 is 32.1 Å². The van der Waals surface area contributed by atoms with Crippen LogP contribution in [0.25, 0.3) is 0 Å². The van der Waals surface area contributed by atoms with Gasteiger partial charge in [-0.05, 0) is 69.6 Å². The van der Waals surface area contributed by atoms with Gasteiger partial charge in [-0.25, -0.2) is 23.1 Å². The molecule has 3 unspecified atom stereocenters. The summed E-state index contributed by atoms with van der Waals surface area (Å²) in [5.41, 5.74) is 12.7. The number of benzene rings is 1. The van der Waals surface area contributed by atoms with Crippen LogP contribution >= 0.6 is 11.8 Å². The first-order valence-corrected chi connectivity index (χ1v) is 13.8. The summed E-state index contributed by atoms with van der Waals surface area (Å²) in [4.78, 5) is 8.38. The quantitative estimate of drug-likeness (QED) is 0.163. The average molecular weight is 562 g/mol. The van der Waals surface area contributed by atoms with Gasteiger partial charge in [-0.3, -0.25) is 0 Å².